The van der Waals surface area contributed by atoms with Crippen LogP contribution in [0.25, 0.3) is 16.9 Å². The van der Waals surface area contributed by atoms with E-state index in [0.29, 0.717) is 18.1 Å². The first-order valence-electron chi connectivity index (χ1n) is 8.84. The van der Waals surface area contributed by atoms with E-state index in [1.165, 1.54) is 12.1 Å². The molecule has 3 heterocycles. The van der Waals surface area contributed by atoms with Crippen LogP contribution in [0.5, 0.6) is 0 Å². The van der Waals surface area contributed by atoms with Crippen LogP contribution in [-0.4, -0.2) is 26.8 Å². The van der Waals surface area contributed by atoms with Gasteiger partial charge in [-0.15, -0.1) is 0 Å². The molecular weight excluding hydrogens is 357 g/mol. The number of fused-ring (bicyclic) bond motifs is 1. The second-order valence-corrected chi connectivity index (χ2v) is 6.20. The van der Waals surface area contributed by atoms with Gasteiger partial charge in [0, 0.05) is 18.0 Å². The van der Waals surface area contributed by atoms with E-state index in [2.05, 4.69) is 20.6 Å². The number of aromatic nitrogens is 3. The molecule has 4 rings (SSSR count). The van der Waals surface area contributed by atoms with Crippen molar-refractivity contribution in [3.63, 3.8) is 0 Å². The van der Waals surface area contributed by atoms with Crippen LogP contribution in [0.3, 0.4) is 0 Å². The van der Waals surface area contributed by atoms with E-state index in [0.717, 1.165) is 16.9 Å². The first kappa shape index (κ1) is 17.7. The van der Waals surface area contributed by atoms with Crippen LogP contribution in [-0.2, 0) is 11.3 Å². The van der Waals surface area contributed by atoms with E-state index in [-0.39, 0.29) is 18.3 Å². The third-order valence-electron chi connectivity index (χ3n) is 4.26. The van der Waals surface area contributed by atoms with Crippen LogP contribution in [0.1, 0.15) is 5.69 Å². The Bertz CT molecular complexity index is 1090. The van der Waals surface area contributed by atoms with Gasteiger partial charge < -0.3 is 10.6 Å². The molecule has 0 aliphatic rings. The predicted molar refractivity (Wildman–Crippen MR) is 105 cm³/mol. The van der Waals surface area contributed by atoms with Crippen LogP contribution in [0.4, 0.5) is 10.2 Å². The number of benzene rings is 1. The quantitative estimate of drug-likeness (QED) is 0.543. The molecule has 0 spiro atoms. The van der Waals surface area contributed by atoms with Crippen LogP contribution < -0.4 is 10.6 Å². The number of anilines is 1. The van der Waals surface area contributed by atoms with E-state index in [9.17, 15) is 9.18 Å². The molecule has 1 amide bonds. The highest BCUT2D eigenvalue weighted by Crippen LogP contribution is 2.28. The van der Waals surface area contributed by atoms with Crippen LogP contribution >= 0.6 is 0 Å². The van der Waals surface area contributed by atoms with Crippen LogP contribution in [0.15, 0.2) is 73.1 Å². The number of carbonyl (C=O) groups excluding carboxylic acids is 1. The van der Waals surface area contributed by atoms with Crippen LogP contribution in [0, 0.1) is 5.82 Å². The van der Waals surface area contributed by atoms with Crippen LogP contribution in [0.2, 0.25) is 0 Å². The second kappa shape index (κ2) is 7.87. The first-order valence-corrected chi connectivity index (χ1v) is 8.84. The number of imidazole rings is 1. The Balaban J connectivity index is 1.53. The van der Waals surface area contributed by atoms with Gasteiger partial charge in [-0.25, -0.2) is 9.37 Å². The minimum absolute atomic E-state index is 0.0731. The van der Waals surface area contributed by atoms with E-state index in [1.54, 1.807) is 18.3 Å². The largest absolute Gasteiger partial charge is 0.360 e. The molecular formula is C21H18FN5O. The molecule has 2 N–H and O–H groups in total. The fraction of sp³-hybridized carbons (Fsp3) is 0.0952. The molecule has 3 aromatic heterocycles. The van der Waals surface area contributed by atoms with E-state index < -0.39 is 0 Å². The molecule has 140 valence electrons. The summed E-state index contributed by atoms with van der Waals surface area (Å²) in [6, 6.07) is 17.3. The fourth-order valence-electron chi connectivity index (χ4n) is 2.89. The van der Waals surface area contributed by atoms with Gasteiger partial charge in [0.2, 0.25) is 5.91 Å². The third kappa shape index (κ3) is 3.83. The summed E-state index contributed by atoms with van der Waals surface area (Å²) in [5.41, 5.74) is 2.95. The topological polar surface area (TPSA) is 71.3 Å². The zero-order valence-corrected chi connectivity index (χ0v) is 15.0. The highest BCUT2D eigenvalue weighted by atomic mass is 19.1. The lowest BCUT2D eigenvalue weighted by Crippen LogP contribution is -2.30. The highest BCUT2D eigenvalue weighted by Gasteiger charge is 2.15. The molecule has 0 atom stereocenters. The van der Waals surface area contributed by atoms with Gasteiger partial charge in [-0.2, -0.15) is 0 Å². The van der Waals surface area contributed by atoms with Crippen molar-refractivity contribution in [2.75, 3.05) is 11.9 Å². The minimum Gasteiger partial charge on any atom is -0.360 e. The molecule has 0 fully saturated rings. The molecule has 0 aliphatic heterocycles. The number of halogens is 1. The van der Waals surface area contributed by atoms with Crippen molar-refractivity contribution in [1.29, 1.82) is 0 Å². The maximum Gasteiger partial charge on any atom is 0.239 e. The van der Waals surface area contributed by atoms with Gasteiger partial charge in [0.15, 0.2) is 0 Å². The molecule has 1 aromatic carbocycles. The number of nitrogens with one attached hydrogen (secondary N) is 2. The van der Waals surface area contributed by atoms with Crippen molar-refractivity contribution in [3.8, 4) is 11.3 Å². The number of nitrogens with zero attached hydrogens (tertiary/aromatic N) is 3. The molecule has 7 heteroatoms. The minimum atomic E-state index is -0.309. The van der Waals surface area contributed by atoms with Gasteiger partial charge in [0.25, 0.3) is 0 Å². The van der Waals surface area contributed by atoms with Crippen molar-refractivity contribution in [1.82, 2.24) is 19.7 Å². The molecule has 0 saturated heterocycles. The standard InChI is InChI=1S/C21H18FN5O/c22-16-9-7-15(8-10-16)20-21(27-12-4-2-6-18(27)26-20)25-14-19(28)24-13-17-5-1-3-11-23-17/h1-12,25H,13-14H2,(H,24,28). The Labute approximate surface area is 161 Å². The van der Waals surface area contributed by atoms with Gasteiger partial charge in [-0.05, 0) is 48.5 Å². The smallest absolute Gasteiger partial charge is 0.239 e. The van der Waals surface area contributed by atoms with Crippen molar-refractivity contribution in [3.05, 3.63) is 84.6 Å². The van der Waals surface area contributed by atoms with Crippen molar-refractivity contribution in [2.24, 2.45) is 0 Å². The number of hydrogen-bond donors (Lipinski definition) is 2. The van der Waals surface area contributed by atoms with Gasteiger partial charge in [0.05, 0.1) is 18.8 Å². The Kier molecular flexibility index (Phi) is 4.97. The maximum absolute atomic E-state index is 13.3. The average Bonchev–Trinajstić information content (AvgIpc) is 3.10. The lowest BCUT2D eigenvalue weighted by Gasteiger charge is -2.09. The molecule has 0 bridgehead atoms. The first-order chi connectivity index (χ1) is 13.7. The summed E-state index contributed by atoms with van der Waals surface area (Å²) < 4.78 is 15.2. The van der Waals surface area contributed by atoms with E-state index >= 15 is 0 Å². The SMILES string of the molecule is O=C(CNc1c(-c2ccc(F)cc2)nc2ccccn12)NCc1ccccn1. The van der Waals surface area contributed by atoms with Crippen molar-refractivity contribution in [2.45, 2.75) is 6.54 Å². The number of carbonyl (C=O) groups is 1. The molecule has 6 nitrogen and oxygen atoms in total. The summed E-state index contributed by atoms with van der Waals surface area (Å²) >= 11 is 0. The summed E-state index contributed by atoms with van der Waals surface area (Å²) in [7, 11) is 0. The fourth-order valence-corrected chi connectivity index (χ4v) is 2.89. The summed E-state index contributed by atoms with van der Waals surface area (Å²) in [6.45, 7) is 0.434. The molecule has 0 radical (unpaired) electrons. The summed E-state index contributed by atoms with van der Waals surface area (Å²) in [4.78, 5) is 21.1. The lowest BCUT2D eigenvalue weighted by molar-refractivity contribution is -0.119. The maximum atomic E-state index is 13.3. The van der Waals surface area contributed by atoms with Gasteiger partial charge in [0.1, 0.15) is 23.0 Å². The second-order valence-electron chi connectivity index (χ2n) is 6.20. The Morgan fingerprint density at radius 1 is 1.04 bits per heavy atom. The number of hydrogen-bond acceptors (Lipinski definition) is 4. The number of pyridine rings is 2. The van der Waals surface area contributed by atoms with Crippen molar-refractivity contribution >= 4 is 17.4 Å². The summed E-state index contributed by atoms with van der Waals surface area (Å²) in [6.07, 6.45) is 3.55. The Morgan fingerprint density at radius 3 is 2.64 bits per heavy atom. The molecule has 28 heavy (non-hydrogen) atoms. The van der Waals surface area contributed by atoms with Gasteiger partial charge >= 0.3 is 0 Å². The third-order valence-corrected chi connectivity index (χ3v) is 4.26. The van der Waals surface area contributed by atoms with Gasteiger partial charge in [-0.3, -0.25) is 14.2 Å². The predicted octanol–water partition coefficient (Wildman–Crippen LogP) is 3.26. The van der Waals surface area contributed by atoms with Gasteiger partial charge in [-0.1, -0.05) is 12.1 Å². The van der Waals surface area contributed by atoms with Crippen molar-refractivity contribution < 1.29 is 9.18 Å². The highest BCUT2D eigenvalue weighted by molar-refractivity contribution is 5.83. The number of rotatable bonds is 6. The Morgan fingerprint density at radius 2 is 1.86 bits per heavy atom. The average molecular weight is 375 g/mol. The normalized spacial score (nSPS) is 10.8. The summed E-state index contributed by atoms with van der Waals surface area (Å²) in [5.74, 6) is 0.202. The summed E-state index contributed by atoms with van der Waals surface area (Å²) in [5, 5.41) is 5.99. The zero-order chi connectivity index (χ0) is 19.3. The molecule has 0 aliphatic carbocycles. The van der Waals surface area contributed by atoms with E-state index in [1.807, 2.05) is 47.0 Å². The zero-order valence-electron chi connectivity index (χ0n) is 15.0. The molecule has 0 unspecified atom stereocenters. The lowest BCUT2D eigenvalue weighted by atomic mass is 10.1. The molecule has 4 aromatic rings. The molecule has 0 saturated carbocycles. The monoisotopic (exact) mass is 375 g/mol. The van der Waals surface area contributed by atoms with E-state index in [4.69, 9.17) is 0 Å². The Hall–Kier alpha value is -3.74. The number of amides is 1.